The third-order valence-electron chi connectivity index (χ3n) is 5.36. The smallest absolute Gasteiger partial charge is 0.255 e. The lowest BCUT2D eigenvalue weighted by Gasteiger charge is -2.22. The average molecular weight is 415 g/mol. The van der Waals surface area contributed by atoms with E-state index < -0.39 is 10.0 Å². The van der Waals surface area contributed by atoms with Crippen molar-refractivity contribution in [2.45, 2.75) is 69.2 Å². The number of anilines is 1. The molecular formula is C23H30N2O3S. The largest absolute Gasteiger partial charge is 0.322 e. The summed E-state index contributed by atoms with van der Waals surface area (Å²) < 4.78 is 27.9. The highest BCUT2D eigenvalue weighted by molar-refractivity contribution is 7.89. The first-order chi connectivity index (χ1) is 13.6. The van der Waals surface area contributed by atoms with Crippen molar-refractivity contribution in [2.75, 3.05) is 5.32 Å². The van der Waals surface area contributed by atoms with Crippen molar-refractivity contribution >= 4 is 21.6 Å². The summed E-state index contributed by atoms with van der Waals surface area (Å²) in [6.07, 6.45) is 5.08. The maximum Gasteiger partial charge on any atom is 0.255 e. The van der Waals surface area contributed by atoms with Crippen LogP contribution in [0.1, 0.15) is 68.8 Å². The van der Waals surface area contributed by atoms with Gasteiger partial charge in [-0.3, -0.25) is 4.79 Å². The van der Waals surface area contributed by atoms with Crippen LogP contribution in [0.2, 0.25) is 0 Å². The highest BCUT2D eigenvalue weighted by Gasteiger charge is 2.22. The molecule has 5 nitrogen and oxygen atoms in total. The fourth-order valence-electron chi connectivity index (χ4n) is 3.55. The van der Waals surface area contributed by atoms with Gasteiger partial charge in [-0.05, 0) is 60.2 Å². The maximum atomic E-state index is 12.6. The van der Waals surface area contributed by atoms with Crippen LogP contribution < -0.4 is 10.0 Å². The molecule has 6 heteroatoms. The molecule has 0 radical (unpaired) electrons. The molecule has 0 bridgehead atoms. The van der Waals surface area contributed by atoms with Crippen molar-refractivity contribution in [3.63, 3.8) is 0 Å². The number of hydrogen-bond donors (Lipinski definition) is 2. The summed E-state index contributed by atoms with van der Waals surface area (Å²) in [7, 11) is -3.54. The van der Waals surface area contributed by atoms with Crippen LogP contribution in [0.4, 0.5) is 5.69 Å². The molecule has 29 heavy (non-hydrogen) atoms. The summed E-state index contributed by atoms with van der Waals surface area (Å²) in [6.45, 7) is 6.38. The minimum Gasteiger partial charge on any atom is -0.322 e. The molecule has 0 unspecified atom stereocenters. The molecule has 1 aliphatic carbocycles. The zero-order valence-corrected chi connectivity index (χ0v) is 18.2. The van der Waals surface area contributed by atoms with E-state index in [1.165, 1.54) is 18.6 Å². The van der Waals surface area contributed by atoms with Gasteiger partial charge in [-0.2, -0.15) is 0 Å². The van der Waals surface area contributed by atoms with E-state index in [1.54, 1.807) is 12.1 Å². The van der Waals surface area contributed by atoms with Crippen LogP contribution in [0, 0.1) is 0 Å². The van der Waals surface area contributed by atoms with Crippen molar-refractivity contribution in [1.29, 1.82) is 0 Å². The molecule has 2 aromatic carbocycles. The quantitative estimate of drug-likeness (QED) is 0.734. The van der Waals surface area contributed by atoms with Crippen LogP contribution in [-0.4, -0.2) is 20.4 Å². The van der Waals surface area contributed by atoms with Crippen molar-refractivity contribution in [3.05, 3.63) is 59.7 Å². The Labute approximate surface area is 174 Å². The van der Waals surface area contributed by atoms with Gasteiger partial charge in [0.1, 0.15) is 0 Å². The summed E-state index contributed by atoms with van der Waals surface area (Å²) in [5.41, 5.74) is 2.32. The van der Waals surface area contributed by atoms with E-state index in [2.05, 4.69) is 30.8 Å². The molecule has 1 fully saturated rings. The predicted molar refractivity (Wildman–Crippen MR) is 117 cm³/mol. The fraction of sp³-hybridized carbons (Fsp3) is 0.435. The molecule has 0 spiro atoms. The monoisotopic (exact) mass is 414 g/mol. The standard InChI is InChI=1S/C23H30N2O3S/c1-23(2,3)18-11-9-17(10-12-18)22(26)24-19-13-15-21(16-14-19)29(27,28)25-20-7-5-4-6-8-20/h9-16,20,25H,4-8H2,1-3H3,(H,24,26). The lowest BCUT2D eigenvalue weighted by Crippen LogP contribution is -2.36. The predicted octanol–water partition coefficient (Wildman–Crippen LogP) is 4.85. The molecule has 2 N–H and O–H groups in total. The van der Waals surface area contributed by atoms with Gasteiger partial charge in [0, 0.05) is 17.3 Å². The topological polar surface area (TPSA) is 75.3 Å². The molecule has 1 saturated carbocycles. The van der Waals surface area contributed by atoms with Gasteiger partial charge in [-0.25, -0.2) is 13.1 Å². The van der Waals surface area contributed by atoms with E-state index in [4.69, 9.17) is 0 Å². The number of sulfonamides is 1. The molecule has 1 amide bonds. The van der Waals surface area contributed by atoms with Crippen molar-refractivity contribution in [1.82, 2.24) is 4.72 Å². The lowest BCUT2D eigenvalue weighted by atomic mass is 9.87. The molecule has 0 aromatic heterocycles. The summed E-state index contributed by atoms with van der Waals surface area (Å²) in [5, 5.41) is 2.82. The third-order valence-corrected chi connectivity index (χ3v) is 6.90. The molecule has 0 aliphatic heterocycles. The number of nitrogens with one attached hydrogen (secondary N) is 2. The number of hydrogen-bond acceptors (Lipinski definition) is 3. The Hall–Kier alpha value is -2.18. The van der Waals surface area contributed by atoms with Gasteiger partial charge in [0.05, 0.1) is 4.90 Å². The Morgan fingerprint density at radius 3 is 2.03 bits per heavy atom. The highest BCUT2D eigenvalue weighted by Crippen LogP contribution is 2.23. The van der Waals surface area contributed by atoms with Crippen molar-refractivity contribution in [2.24, 2.45) is 0 Å². The molecule has 3 rings (SSSR count). The van der Waals surface area contributed by atoms with E-state index >= 15 is 0 Å². The highest BCUT2D eigenvalue weighted by atomic mass is 32.2. The van der Waals surface area contributed by atoms with Gasteiger partial charge in [-0.15, -0.1) is 0 Å². The maximum absolute atomic E-state index is 12.6. The van der Waals surface area contributed by atoms with Crippen LogP contribution in [-0.2, 0) is 15.4 Å². The molecular weight excluding hydrogens is 384 g/mol. The second-order valence-electron chi connectivity index (χ2n) is 8.76. The molecule has 2 aromatic rings. The Kier molecular flexibility index (Phi) is 6.44. The first kappa shape index (κ1) is 21.5. The number of rotatable bonds is 5. The van der Waals surface area contributed by atoms with Gasteiger partial charge in [0.25, 0.3) is 5.91 Å². The molecule has 156 valence electrons. The molecule has 1 aliphatic rings. The van der Waals surface area contributed by atoms with Gasteiger partial charge in [0.15, 0.2) is 0 Å². The Balaban J connectivity index is 1.64. The Morgan fingerprint density at radius 2 is 1.48 bits per heavy atom. The zero-order valence-electron chi connectivity index (χ0n) is 17.4. The molecule has 0 saturated heterocycles. The zero-order chi connectivity index (χ0) is 21.1. The second-order valence-corrected chi connectivity index (χ2v) is 10.5. The van der Waals surface area contributed by atoms with Gasteiger partial charge >= 0.3 is 0 Å². The van der Waals surface area contributed by atoms with Crippen molar-refractivity contribution in [3.8, 4) is 0 Å². The SMILES string of the molecule is CC(C)(C)c1ccc(C(=O)Nc2ccc(S(=O)(=O)NC3CCCCC3)cc2)cc1. The fourth-order valence-corrected chi connectivity index (χ4v) is 4.86. The number of carbonyl (C=O) groups excluding carboxylic acids is 1. The average Bonchev–Trinajstić information content (AvgIpc) is 2.68. The minimum absolute atomic E-state index is 0.0178. The van der Waals surface area contributed by atoms with E-state index in [0.717, 1.165) is 31.2 Å². The van der Waals surface area contributed by atoms with Gasteiger partial charge in [0.2, 0.25) is 10.0 Å². The summed E-state index contributed by atoms with van der Waals surface area (Å²) >= 11 is 0. The molecule has 0 heterocycles. The van der Waals surface area contributed by atoms with Crippen LogP contribution in [0.15, 0.2) is 53.4 Å². The number of amides is 1. The van der Waals surface area contributed by atoms with E-state index in [9.17, 15) is 13.2 Å². The van der Waals surface area contributed by atoms with E-state index in [1.807, 2.05) is 24.3 Å². The minimum atomic E-state index is -3.54. The Morgan fingerprint density at radius 1 is 0.897 bits per heavy atom. The van der Waals surface area contributed by atoms with E-state index in [0.29, 0.717) is 11.3 Å². The van der Waals surface area contributed by atoms with Crippen LogP contribution in [0.5, 0.6) is 0 Å². The van der Waals surface area contributed by atoms with Crippen LogP contribution in [0.25, 0.3) is 0 Å². The Bertz CT molecular complexity index is 937. The normalized spacial score (nSPS) is 15.8. The summed E-state index contributed by atoms with van der Waals surface area (Å²) in [5.74, 6) is -0.221. The van der Waals surface area contributed by atoms with Gasteiger partial charge in [-0.1, -0.05) is 52.2 Å². The summed E-state index contributed by atoms with van der Waals surface area (Å²) in [6, 6.07) is 13.9. The molecule has 0 atom stereocenters. The van der Waals surface area contributed by atoms with Crippen molar-refractivity contribution < 1.29 is 13.2 Å². The van der Waals surface area contributed by atoms with E-state index in [-0.39, 0.29) is 22.3 Å². The first-order valence-corrected chi connectivity index (χ1v) is 11.7. The van der Waals surface area contributed by atoms with Gasteiger partial charge < -0.3 is 5.32 Å². The summed E-state index contributed by atoms with van der Waals surface area (Å²) in [4.78, 5) is 12.7. The lowest BCUT2D eigenvalue weighted by molar-refractivity contribution is 0.102. The second kappa shape index (κ2) is 8.67. The third kappa shape index (κ3) is 5.67. The van der Waals surface area contributed by atoms with Crippen LogP contribution in [0.3, 0.4) is 0 Å². The first-order valence-electron chi connectivity index (χ1n) is 10.2. The van der Waals surface area contributed by atoms with Crippen LogP contribution >= 0.6 is 0 Å². The number of carbonyl (C=O) groups is 1. The number of benzene rings is 2.